The van der Waals surface area contributed by atoms with Gasteiger partial charge in [-0.15, -0.1) is 0 Å². The molecule has 6 aromatic carbocycles. The molecule has 218 valence electrons. The van der Waals surface area contributed by atoms with E-state index in [1.807, 2.05) is 3.21 Å². The maximum atomic E-state index is 2.65. The number of fused-ring (bicyclic) bond motifs is 10. The molecule has 8 rings (SSSR count). The largest absolute Gasteiger partial charge is 1.00 e. The summed E-state index contributed by atoms with van der Waals surface area (Å²) in [5.41, 5.74) is 6.17. The van der Waals surface area contributed by atoms with Crippen molar-refractivity contribution in [2.75, 3.05) is 0 Å². The SMILES string of the molecule is CC(C)[C](C(C)C)=[Zr+2]([C]1=CCc2c1ccc1ccc3ccccc3c21)[C]1=CCc2c1ccc1ccc3ccccc3c21.[Cl-].[Cl-]. The summed E-state index contributed by atoms with van der Waals surface area (Å²) in [6.07, 6.45) is 7.40. The van der Waals surface area contributed by atoms with Crippen molar-refractivity contribution >= 4 is 52.9 Å². The van der Waals surface area contributed by atoms with Crippen LogP contribution in [0, 0.1) is 11.8 Å². The van der Waals surface area contributed by atoms with E-state index in [-0.39, 0.29) is 24.8 Å². The Hall–Kier alpha value is -2.83. The quantitative estimate of drug-likeness (QED) is 0.231. The summed E-state index contributed by atoms with van der Waals surface area (Å²) in [5, 5.41) is 11.1. The molecule has 44 heavy (non-hydrogen) atoms. The Labute approximate surface area is 280 Å². The Kier molecular flexibility index (Phi) is 8.62. The van der Waals surface area contributed by atoms with Crippen molar-refractivity contribution < 1.29 is 46.1 Å². The molecule has 0 nitrogen and oxygen atoms in total. The van der Waals surface area contributed by atoms with Crippen LogP contribution < -0.4 is 24.8 Å². The summed E-state index contributed by atoms with van der Waals surface area (Å²) >= 11 is -2.51. The monoisotopic (exact) mass is 688 g/mol. The van der Waals surface area contributed by atoms with Crippen LogP contribution in [0.1, 0.15) is 49.9 Å². The van der Waals surface area contributed by atoms with Gasteiger partial charge in [0.25, 0.3) is 0 Å². The van der Waals surface area contributed by atoms with E-state index in [4.69, 9.17) is 0 Å². The normalized spacial score (nSPS) is 13.4. The van der Waals surface area contributed by atoms with Gasteiger partial charge in [-0.05, 0) is 0 Å². The molecule has 0 saturated heterocycles. The van der Waals surface area contributed by atoms with Crippen LogP contribution in [0.3, 0.4) is 0 Å². The summed E-state index contributed by atoms with van der Waals surface area (Å²) in [7, 11) is 0. The molecule has 0 heterocycles. The van der Waals surface area contributed by atoms with Gasteiger partial charge in [-0.1, -0.05) is 0 Å². The topological polar surface area (TPSA) is 0 Å². The fraction of sp³-hybridized carbons (Fsp3) is 0.195. The number of hydrogen-bond acceptors (Lipinski definition) is 0. The molecule has 0 N–H and O–H groups in total. The standard InChI is InChI=1S/2C17H11.C7H14.2ClH.Zr/c2*1-2-6-15-12(4-1)8-10-14-11-9-13-5-3-7-16(13)17(14)15;1-6(2)5-7(3)4;;;/h2*1-4,6,8-11H,7H2;6-7H,1-4H3;2*1H;/q;;;;;+2/p-2. The van der Waals surface area contributed by atoms with Crippen LogP contribution in [-0.2, 0) is 34.1 Å². The molecule has 0 bridgehead atoms. The van der Waals surface area contributed by atoms with Crippen LogP contribution in [0.15, 0.2) is 109 Å². The zero-order valence-electron chi connectivity index (χ0n) is 25.7. The van der Waals surface area contributed by atoms with Crippen molar-refractivity contribution in [3.8, 4) is 0 Å². The second kappa shape index (κ2) is 12.2. The van der Waals surface area contributed by atoms with Crippen molar-refractivity contribution in [1.82, 2.24) is 0 Å². The Balaban J connectivity index is 0.00000171. The molecular weight excluding hydrogens is 655 g/mol. The summed E-state index contributed by atoms with van der Waals surface area (Å²) < 4.78 is 5.25. The zero-order chi connectivity index (χ0) is 28.5. The molecule has 0 atom stereocenters. The predicted octanol–water partition coefficient (Wildman–Crippen LogP) is 4.90. The maximum absolute atomic E-state index is 2.65. The minimum absolute atomic E-state index is 0. The van der Waals surface area contributed by atoms with Gasteiger partial charge in [-0.3, -0.25) is 0 Å². The third kappa shape index (κ3) is 4.79. The van der Waals surface area contributed by atoms with Gasteiger partial charge in [-0.25, -0.2) is 0 Å². The van der Waals surface area contributed by atoms with Crippen LogP contribution in [0.5, 0.6) is 0 Å². The fourth-order valence-corrected chi connectivity index (χ4v) is 17.1. The smallest absolute Gasteiger partial charge is 1.00 e. The Morgan fingerprint density at radius 1 is 0.500 bits per heavy atom. The van der Waals surface area contributed by atoms with E-state index in [2.05, 4.69) is 137 Å². The molecule has 3 heteroatoms. The van der Waals surface area contributed by atoms with Crippen molar-refractivity contribution in [2.24, 2.45) is 11.8 Å². The van der Waals surface area contributed by atoms with E-state index < -0.39 is 21.3 Å². The van der Waals surface area contributed by atoms with Crippen LogP contribution in [0.4, 0.5) is 0 Å². The van der Waals surface area contributed by atoms with Crippen molar-refractivity contribution in [3.63, 3.8) is 0 Å². The van der Waals surface area contributed by atoms with E-state index in [9.17, 15) is 0 Å². The first-order valence-electron chi connectivity index (χ1n) is 15.5. The molecule has 0 radical (unpaired) electrons. The van der Waals surface area contributed by atoms with Crippen LogP contribution in [0.2, 0.25) is 0 Å². The van der Waals surface area contributed by atoms with E-state index in [1.54, 1.807) is 17.7 Å². The molecule has 0 saturated carbocycles. The molecular formula is C41H36Cl2Zr. The van der Waals surface area contributed by atoms with Gasteiger partial charge in [-0.2, -0.15) is 0 Å². The summed E-state index contributed by atoms with van der Waals surface area (Å²) in [4.78, 5) is 0. The van der Waals surface area contributed by atoms with Crippen molar-refractivity contribution in [3.05, 3.63) is 131 Å². The summed E-state index contributed by atoms with van der Waals surface area (Å²) in [6.45, 7) is 9.80. The number of hydrogen-bond donors (Lipinski definition) is 0. The third-order valence-corrected chi connectivity index (χ3v) is 18.9. The average Bonchev–Trinajstić information content (AvgIpc) is 3.63. The first-order valence-corrected chi connectivity index (χ1v) is 19.2. The molecule has 6 aromatic rings. The van der Waals surface area contributed by atoms with Gasteiger partial charge in [0.2, 0.25) is 0 Å². The van der Waals surface area contributed by atoms with Gasteiger partial charge in [0, 0.05) is 0 Å². The van der Waals surface area contributed by atoms with Gasteiger partial charge in [0.05, 0.1) is 0 Å². The minimum Gasteiger partial charge on any atom is -1.00 e. The first-order chi connectivity index (χ1) is 20.5. The Morgan fingerprint density at radius 3 is 1.32 bits per heavy atom. The molecule has 2 aliphatic rings. The number of benzene rings is 6. The van der Waals surface area contributed by atoms with Crippen molar-refractivity contribution in [2.45, 2.75) is 40.5 Å². The number of rotatable bonds is 4. The molecule has 0 fully saturated rings. The fourth-order valence-electron chi connectivity index (χ4n) is 8.08. The Morgan fingerprint density at radius 2 is 0.886 bits per heavy atom. The van der Waals surface area contributed by atoms with Gasteiger partial charge >= 0.3 is 258 Å². The molecule has 0 unspecified atom stereocenters. The summed E-state index contributed by atoms with van der Waals surface area (Å²) in [6, 6.07) is 36.8. The summed E-state index contributed by atoms with van der Waals surface area (Å²) in [5.74, 6) is 1.16. The molecule has 0 aromatic heterocycles. The van der Waals surface area contributed by atoms with E-state index in [1.165, 1.54) is 54.2 Å². The Bertz CT molecular complexity index is 2040. The maximum Gasteiger partial charge on any atom is -1.00 e. The molecule has 0 amide bonds. The third-order valence-electron chi connectivity index (χ3n) is 9.71. The van der Waals surface area contributed by atoms with Gasteiger partial charge in [0.15, 0.2) is 0 Å². The number of allylic oxidation sites excluding steroid dienone is 2. The van der Waals surface area contributed by atoms with E-state index >= 15 is 0 Å². The predicted molar refractivity (Wildman–Crippen MR) is 181 cm³/mol. The zero-order valence-corrected chi connectivity index (χ0v) is 29.7. The van der Waals surface area contributed by atoms with Crippen molar-refractivity contribution in [1.29, 1.82) is 0 Å². The molecule has 0 aliphatic heterocycles. The second-order valence-corrected chi connectivity index (χ2v) is 18.6. The van der Waals surface area contributed by atoms with E-state index in [0.29, 0.717) is 11.8 Å². The van der Waals surface area contributed by atoms with Crippen LogP contribution in [-0.4, -0.2) is 3.21 Å². The van der Waals surface area contributed by atoms with E-state index in [0.717, 1.165) is 12.8 Å². The van der Waals surface area contributed by atoms with Gasteiger partial charge in [0.1, 0.15) is 0 Å². The minimum atomic E-state index is -2.51. The first kappa shape index (κ1) is 31.2. The van der Waals surface area contributed by atoms with Crippen LogP contribution >= 0.6 is 0 Å². The second-order valence-electron chi connectivity index (χ2n) is 12.7. The average molecular weight is 691 g/mol. The van der Waals surface area contributed by atoms with Crippen LogP contribution in [0.25, 0.3) is 49.7 Å². The van der Waals surface area contributed by atoms with Gasteiger partial charge < -0.3 is 24.8 Å². The number of halogens is 2. The molecule has 0 spiro atoms. The molecule has 2 aliphatic carbocycles.